The number of carbonyl (C=O) groups excluding carboxylic acids is 2. The van der Waals surface area contributed by atoms with Gasteiger partial charge in [-0.05, 0) is 57.4 Å². The zero-order valence-electron chi connectivity index (χ0n) is 20.3. The molecule has 33 heavy (non-hydrogen) atoms. The van der Waals surface area contributed by atoms with Crippen LogP contribution >= 0.6 is 0 Å². The summed E-state index contributed by atoms with van der Waals surface area (Å²) < 4.78 is 43.3. The Bertz CT molecular complexity index is 931. The van der Waals surface area contributed by atoms with Gasteiger partial charge in [-0.3, -0.25) is 9.52 Å². The lowest BCUT2D eigenvalue weighted by Gasteiger charge is -2.34. The van der Waals surface area contributed by atoms with Gasteiger partial charge in [-0.1, -0.05) is 13.8 Å². The van der Waals surface area contributed by atoms with Gasteiger partial charge in [0.2, 0.25) is 10.0 Å². The molecule has 1 fully saturated rings. The summed E-state index contributed by atoms with van der Waals surface area (Å²) in [6.45, 7) is 12.3. The quantitative estimate of drug-likeness (QED) is 0.557. The van der Waals surface area contributed by atoms with Gasteiger partial charge in [0, 0.05) is 31.6 Å². The summed E-state index contributed by atoms with van der Waals surface area (Å²) in [6, 6.07) is 5.07. The highest BCUT2D eigenvalue weighted by atomic mass is 32.2. The van der Waals surface area contributed by atoms with E-state index in [4.69, 9.17) is 14.2 Å². The number of hydrogen-bond acceptors (Lipinski definition) is 7. The first kappa shape index (κ1) is 26.8. The van der Waals surface area contributed by atoms with Crippen LogP contribution in [0.5, 0.6) is 5.75 Å². The smallest absolute Gasteiger partial charge is 0.410 e. The number of nitrogens with one attached hydrogen (secondary N) is 1. The Labute approximate surface area is 196 Å². The Morgan fingerprint density at radius 3 is 2.36 bits per heavy atom. The maximum absolute atomic E-state index is 12.3. The van der Waals surface area contributed by atoms with Gasteiger partial charge in [0.25, 0.3) is 0 Å². The Hall–Kier alpha value is -2.49. The molecule has 2 rings (SSSR count). The van der Waals surface area contributed by atoms with Crippen molar-refractivity contribution in [2.24, 2.45) is 0 Å². The van der Waals surface area contributed by atoms with Crippen molar-refractivity contribution in [3.8, 4) is 5.75 Å². The van der Waals surface area contributed by atoms with Gasteiger partial charge in [0.1, 0.15) is 17.5 Å². The zero-order valence-corrected chi connectivity index (χ0v) is 21.2. The third kappa shape index (κ3) is 8.75. The number of nitrogens with zero attached hydrogens (tertiary/aromatic N) is 1. The summed E-state index contributed by atoms with van der Waals surface area (Å²) >= 11 is 0. The van der Waals surface area contributed by atoms with Crippen LogP contribution in [0.3, 0.4) is 0 Å². The maximum atomic E-state index is 12.3. The molecule has 1 aromatic rings. The van der Waals surface area contributed by atoms with Gasteiger partial charge in [-0.2, -0.15) is 0 Å². The van der Waals surface area contributed by atoms with Crippen molar-refractivity contribution in [2.75, 3.05) is 30.2 Å². The second kappa shape index (κ2) is 11.1. The molecule has 0 radical (unpaired) electrons. The van der Waals surface area contributed by atoms with Gasteiger partial charge < -0.3 is 19.1 Å². The molecule has 1 N–H and O–H groups in total. The third-order valence-corrected chi connectivity index (χ3v) is 6.07. The summed E-state index contributed by atoms with van der Waals surface area (Å²) in [6.07, 6.45) is 0.964. The van der Waals surface area contributed by atoms with Crippen LogP contribution < -0.4 is 9.46 Å². The summed E-state index contributed by atoms with van der Waals surface area (Å²) in [5.74, 6) is -0.788. The molecule has 0 saturated carbocycles. The van der Waals surface area contributed by atoms with Crippen LogP contribution in [0.4, 0.5) is 10.5 Å². The van der Waals surface area contributed by atoms with Crippen molar-refractivity contribution in [1.82, 2.24) is 4.90 Å². The number of hydrogen-bond donors (Lipinski definition) is 1. The van der Waals surface area contributed by atoms with Crippen LogP contribution in [-0.4, -0.2) is 62.5 Å². The monoisotopic (exact) mass is 484 g/mol. The molecule has 0 bridgehead atoms. The van der Waals surface area contributed by atoms with Gasteiger partial charge in [-0.25, -0.2) is 13.2 Å². The fourth-order valence-corrected chi connectivity index (χ4v) is 4.36. The van der Waals surface area contributed by atoms with E-state index in [1.165, 1.54) is 0 Å². The molecule has 1 saturated heterocycles. The van der Waals surface area contributed by atoms with E-state index in [0.717, 1.165) is 5.56 Å². The number of piperidine rings is 1. The van der Waals surface area contributed by atoms with Crippen molar-refractivity contribution in [3.05, 3.63) is 23.8 Å². The fourth-order valence-electron chi connectivity index (χ4n) is 3.41. The molecule has 0 spiro atoms. The summed E-state index contributed by atoms with van der Waals surface area (Å²) in [4.78, 5) is 25.5. The van der Waals surface area contributed by atoms with Crippen LogP contribution in [0.15, 0.2) is 18.2 Å². The highest BCUT2D eigenvalue weighted by Gasteiger charge is 2.28. The minimum absolute atomic E-state index is 0.0625. The predicted octanol–water partition coefficient (Wildman–Crippen LogP) is 3.89. The van der Waals surface area contributed by atoms with Gasteiger partial charge >= 0.3 is 12.1 Å². The minimum Gasteiger partial charge on any atom is -0.490 e. The lowest BCUT2D eigenvalue weighted by molar-refractivity contribution is -0.139. The molecular weight excluding hydrogens is 448 g/mol. The average molecular weight is 485 g/mol. The Morgan fingerprint density at radius 2 is 1.82 bits per heavy atom. The molecule has 0 aliphatic carbocycles. The number of anilines is 1. The number of esters is 1. The minimum atomic E-state index is -3.88. The second-order valence-electron chi connectivity index (χ2n) is 9.36. The molecule has 186 valence electrons. The van der Waals surface area contributed by atoms with Gasteiger partial charge in [-0.15, -0.1) is 0 Å². The van der Waals surface area contributed by atoms with Crippen LogP contribution in [0.25, 0.3) is 0 Å². The van der Waals surface area contributed by atoms with Crippen molar-refractivity contribution in [3.63, 3.8) is 0 Å². The van der Waals surface area contributed by atoms with E-state index < -0.39 is 27.3 Å². The number of ether oxygens (including phenoxy) is 3. The molecular formula is C23H36N2O7S. The standard InChI is InChI=1S/C23H36N2O7S/c1-7-30-21(26)15-33(28,29)24-17-8-9-20(19(14-17)16(2)3)31-18-10-12-25(13-11-18)22(27)32-23(4,5)6/h8-9,14,16,18,24H,7,10-13,15H2,1-6H3. The van der Waals surface area contributed by atoms with Crippen molar-refractivity contribution in [2.45, 2.75) is 72.0 Å². The molecule has 9 nitrogen and oxygen atoms in total. The number of likely N-dealkylation sites (tertiary alicyclic amines) is 1. The fraction of sp³-hybridized carbons (Fsp3) is 0.652. The lowest BCUT2D eigenvalue weighted by atomic mass is 10.0. The molecule has 1 aliphatic heterocycles. The Kier molecular flexibility index (Phi) is 8.99. The number of benzene rings is 1. The van der Waals surface area contributed by atoms with Crippen LogP contribution in [0.2, 0.25) is 0 Å². The summed E-state index contributed by atoms with van der Waals surface area (Å²) in [5, 5.41) is 0. The highest BCUT2D eigenvalue weighted by Crippen LogP contribution is 2.32. The van der Waals surface area contributed by atoms with Gasteiger partial charge in [0.15, 0.2) is 5.75 Å². The zero-order chi connectivity index (χ0) is 24.8. The first-order chi connectivity index (χ1) is 15.3. The van der Waals surface area contributed by atoms with Crippen LogP contribution in [-0.2, 0) is 24.3 Å². The molecule has 1 heterocycles. The SMILES string of the molecule is CCOC(=O)CS(=O)(=O)Nc1ccc(OC2CCN(C(=O)OC(C)(C)C)CC2)c(C(C)C)c1. The van der Waals surface area contributed by atoms with Crippen molar-refractivity contribution < 1.29 is 32.2 Å². The lowest BCUT2D eigenvalue weighted by Crippen LogP contribution is -2.44. The van der Waals surface area contributed by atoms with E-state index in [9.17, 15) is 18.0 Å². The third-order valence-electron chi connectivity index (χ3n) is 4.91. The second-order valence-corrected chi connectivity index (χ2v) is 11.1. The number of carbonyl (C=O) groups is 2. The number of sulfonamides is 1. The Balaban J connectivity index is 2.03. The molecule has 1 aliphatic rings. The molecule has 0 unspecified atom stereocenters. The Morgan fingerprint density at radius 1 is 1.18 bits per heavy atom. The normalized spacial score (nSPS) is 15.3. The largest absolute Gasteiger partial charge is 0.490 e. The first-order valence-corrected chi connectivity index (χ1v) is 12.9. The molecule has 0 aromatic heterocycles. The van der Waals surface area contributed by atoms with Gasteiger partial charge in [0.05, 0.1) is 6.61 Å². The van der Waals surface area contributed by atoms with Crippen molar-refractivity contribution >= 4 is 27.8 Å². The highest BCUT2D eigenvalue weighted by molar-refractivity contribution is 7.93. The van der Waals surface area contributed by atoms with E-state index in [1.54, 1.807) is 30.0 Å². The molecule has 0 atom stereocenters. The average Bonchev–Trinajstić information content (AvgIpc) is 2.67. The first-order valence-electron chi connectivity index (χ1n) is 11.2. The van der Waals surface area contributed by atoms with E-state index in [-0.39, 0.29) is 24.7 Å². The van der Waals surface area contributed by atoms with Crippen LogP contribution in [0.1, 0.15) is 65.9 Å². The molecule has 1 amide bonds. The number of amides is 1. The predicted molar refractivity (Wildman–Crippen MR) is 126 cm³/mol. The summed E-state index contributed by atoms with van der Waals surface area (Å²) in [5.41, 5.74) is 0.673. The maximum Gasteiger partial charge on any atom is 0.410 e. The van der Waals surface area contributed by atoms with E-state index in [2.05, 4.69) is 4.72 Å². The van der Waals surface area contributed by atoms with E-state index in [0.29, 0.717) is 37.4 Å². The summed E-state index contributed by atoms with van der Waals surface area (Å²) in [7, 11) is -3.88. The molecule has 10 heteroatoms. The van der Waals surface area contributed by atoms with Crippen molar-refractivity contribution in [1.29, 1.82) is 0 Å². The van der Waals surface area contributed by atoms with Crippen LogP contribution in [0, 0.1) is 0 Å². The van der Waals surface area contributed by atoms with E-state index >= 15 is 0 Å². The van der Waals surface area contributed by atoms with E-state index in [1.807, 2.05) is 34.6 Å². The topological polar surface area (TPSA) is 111 Å². The molecule has 1 aromatic carbocycles. The number of rotatable bonds is 8.